The number of nitrogens with two attached hydrogens (primary N) is 1. The lowest BCUT2D eigenvalue weighted by atomic mass is 10.1. The number of benzene rings is 2. The molecule has 0 aliphatic rings. The Balaban J connectivity index is 2.13. The predicted octanol–water partition coefficient (Wildman–Crippen LogP) is 4.67. The van der Waals surface area contributed by atoms with Gasteiger partial charge >= 0.3 is 0 Å². The lowest BCUT2D eigenvalue weighted by Crippen LogP contribution is -1.87. The van der Waals surface area contributed by atoms with Gasteiger partial charge in [-0.2, -0.15) is 0 Å². The monoisotopic (exact) mass is 268 g/mol. The van der Waals surface area contributed by atoms with Gasteiger partial charge in [-0.05, 0) is 16.8 Å². The van der Waals surface area contributed by atoms with E-state index in [-0.39, 0.29) is 0 Å². The molecule has 1 heterocycles. The fourth-order valence-corrected chi connectivity index (χ4v) is 3.00. The van der Waals surface area contributed by atoms with Gasteiger partial charge in [-0.1, -0.05) is 50.2 Å². The molecule has 0 fully saturated rings. The summed E-state index contributed by atoms with van der Waals surface area (Å²) in [6, 6.07) is 14.7. The van der Waals surface area contributed by atoms with Crippen LogP contribution in [0.5, 0.6) is 0 Å². The Morgan fingerprint density at radius 2 is 1.79 bits per heavy atom. The van der Waals surface area contributed by atoms with Crippen molar-refractivity contribution in [1.82, 2.24) is 4.98 Å². The molecule has 0 unspecified atom stereocenters. The van der Waals surface area contributed by atoms with Crippen LogP contribution in [0.15, 0.2) is 42.5 Å². The zero-order chi connectivity index (χ0) is 13.4. The van der Waals surface area contributed by atoms with E-state index >= 15 is 0 Å². The summed E-state index contributed by atoms with van der Waals surface area (Å²) in [6.07, 6.45) is 0. The van der Waals surface area contributed by atoms with Gasteiger partial charge < -0.3 is 5.73 Å². The Kier molecular flexibility index (Phi) is 2.99. The number of fused-ring (bicyclic) bond motifs is 1. The van der Waals surface area contributed by atoms with Gasteiger partial charge in [0.25, 0.3) is 0 Å². The number of aromatic nitrogens is 1. The van der Waals surface area contributed by atoms with Crippen LogP contribution < -0.4 is 5.73 Å². The maximum atomic E-state index is 6.11. The molecule has 0 saturated carbocycles. The second-order valence-electron chi connectivity index (χ2n) is 4.98. The molecule has 0 atom stereocenters. The number of nitrogen functional groups attached to an aromatic ring is 1. The Morgan fingerprint density at radius 3 is 2.47 bits per heavy atom. The highest BCUT2D eigenvalue weighted by atomic mass is 32.1. The average Bonchev–Trinajstić information content (AvgIpc) is 2.80. The molecule has 3 rings (SSSR count). The highest BCUT2D eigenvalue weighted by Crippen LogP contribution is 2.34. The lowest BCUT2D eigenvalue weighted by molar-refractivity contribution is 0.854. The van der Waals surface area contributed by atoms with Crippen LogP contribution in [-0.2, 0) is 0 Å². The molecule has 0 radical (unpaired) electrons. The average molecular weight is 268 g/mol. The van der Waals surface area contributed by atoms with Crippen molar-refractivity contribution in [2.45, 2.75) is 19.8 Å². The standard InChI is InChI=1S/C16H16N2S/c1-10(2)16-18-14(15(17)19-16)13-8-7-11-5-3-4-6-12(11)9-13/h3-10H,17H2,1-2H3. The van der Waals surface area contributed by atoms with Gasteiger partial charge in [0.15, 0.2) is 0 Å². The van der Waals surface area contributed by atoms with Crippen LogP contribution in [0.25, 0.3) is 22.0 Å². The van der Waals surface area contributed by atoms with Gasteiger partial charge in [0.2, 0.25) is 0 Å². The van der Waals surface area contributed by atoms with E-state index < -0.39 is 0 Å². The normalized spacial score (nSPS) is 11.3. The van der Waals surface area contributed by atoms with Gasteiger partial charge in [0.05, 0.1) is 5.01 Å². The predicted molar refractivity (Wildman–Crippen MR) is 83.6 cm³/mol. The third-order valence-corrected chi connectivity index (χ3v) is 4.37. The van der Waals surface area contributed by atoms with Gasteiger partial charge in [0.1, 0.15) is 10.7 Å². The summed E-state index contributed by atoms with van der Waals surface area (Å²) >= 11 is 1.59. The first kappa shape index (κ1) is 12.2. The Labute approximate surface area is 116 Å². The molecule has 2 nitrogen and oxygen atoms in total. The molecule has 0 amide bonds. The molecule has 0 bridgehead atoms. The van der Waals surface area contributed by atoms with Gasteiger partial charge in [-0.25, -0.2) is 4.98 Å². The van der Waals surface area contributed by atoms with Crippen LogP contribution >= 0.6 is 11.3 Å². The van der Waals surface area contributed by atoms with Gasteiger partial charge in [-0.15, -0.1) is 11.3 Å². The zero-order valence-corrected chi connectivity index (χ0v) is 11.9. The number of nitrogens with zero attached hydrogens (tertiary/aromatic N) is 1. The Hall–Kier alpha value is -1.87. The molecular formula is C16H16N2S. The van der Waals surface area contributed by atoms with E-state index in [1.54, 1.807) is 11.3 Å². The van der Waals surface area contributed by atoms with Crippen LogP contribution in [0.4, 0.5) is 5.00 Å². The van der Waals surface area contributed by atoms with Crippen molar-refractivity contribution in [3.63, 3.8) is 0 Å². The van der Waals surface area contributed by atoms with Crippen molar-refractivity contribution in [2.24, 2.45) is 0 Å². The maximum absolute atomic E-state index is 6.11. The molecule has 0 spiro atoms. The van der Waals surface area contributed by atoms with Crippen LogP contribution in [0.2, 0.25) is 0 Å². The minimum atomic E-state index is 0.418. The third-order valence-electron chi connectivity index (χ3n) is 3.19. The van der Waals surface area contributed by atoms with Gasteiger partial charge in [-0.3, -0.25) is 0 Å². The molecule has 0 aliphatic heterocycles. The van der Waals surface area contributed by atoms with Crippen LogP contribution in [0, 0.1) is 0 Å². The molecule has 1 aromatic heterocycles. The fraction of sp³-hybridized carbons (Fsp3) is 0.188. The van der Waals surface area contributed by atoms with E-state index in [0.717, 1.165) is 21.3 Å². The summed E-state index contributed by atoms with van der Waals surface area (Å²) < 4.78 is 0. The summed E-state index contributed by atoms with van der Waals surface area (Å²) in [4.78, 5) is 4.68. The number of anilines is 1. The first-order valence-electron chi connectivity index (χ1n) is 6.40. The van der Waals surface area contributed by atoms with Crippen molar-refractivity contribution >= 4 is 27.1 Å². The molecule has 96 valence electrons. The molecule has 0 saturated heterocycles. The highest BCUT2D eigenvalue weighted by molar-refractivity contribution is 7.16. The third kappa shape index (κ3) is 2.22. The summed E-state index contributed by atoms with van der Waals surface area (Å²) in [5, 5.41) is 4.36. The van der Waals surface area contributed by atoms with E-state index in [0.29, 0.717) is 5.92 Å². The highest BCUT2D eigenvalue weighted by Gasteiger charge is 2.13. The van der Waals surface area contributed by atoms with Crippen LogP contribution in [0.1, 0.15) is 24.8 Å². The molecule has 3 aromatic rings. The molecule has 19 heavy (non-hydrogen) atoms. The molecule has 2 N–H and O–H groups in total. The van der Waals surface area contributed by atoms with Gasteiger partial charge in [0, 0.05) is 11.5 Å². The summed E-state index contributed by atoms with van der Waals surface area (Å²) in [6.45, 7) is 4.28. The molecule has 0 aliphatic carbocycles. The Bertz CT molecular complexity index is 728. The minimum Gasteiger partial charge on any atom is -0.389 e. The largest absolute Gasteiger partial charge is 0.389 e. The second kappa shape index (κ2) is 4.67. The van der Waals surface area contributed by atoms with Crippen molar-refractivity contribution in [1.29, 1.82) is 0 Å². The number of hydrogen-bond donors (Lipinski definition) is 1. The van der Waals surface area contributed by atoms with E-state index in [9.17, 15) is 0 Å². The first-order valence-corrected chi connectivity index (χ1v) is 7.22. The SMILES string of the molecule is CC(C)c1nc(-c2ccc3ccccc3c2)c(N)s1. The number of hydrogen-bond acceptors (Lipinski definition) is 3. The summed E-state index contributed by atoms with van der Waals surface area (Å²) in [5.74, 6) is 0.418. The number of rotatable bonds is 2. The smallest absolute Gasteiger partial charge is 0.114 e. The molecular weight excluding hydrogens is 252 g/mol. The molecule has 3 heteroatoms. The first-order chi connectivity index (χ1) is 9.15. The van der Waals surface area contributed by atoms with Crippen LogP contribution in [0.3, 0.4) is 0 Å². The van der Waals surface area contributed by atoms with Crippen molar-refractivity contribution in [3.8, 4) is 11.3 Å². The zero-order valence-electron chi connectivity index (χ0n) is 11.1. The Morgan fingerprint density at radius 1 is 1.05 bits per heavy atom. The van der Waals surface area contributed by atoms with Crippen molar-refractivity contribution in [3.05, 3.63) is 47.5 Å². The van der Waals surface area contributed by atoms with E-state index in [4.69, 9.17) is 5.73 Å². The molecule has 2 aromatic carbocycles. The fourth-order valence-electron chi connectivity index (χ4n) is 2.14. The maximum Gasteiger partial charge on any atom is 0.114 e. The summed E-state index contributed by atoms with van der Waals surface area (Å²) in [5.41, 5.74) is 8.12. The van der Waals surface area contributed by atoms with E-state index in [1.165, 1.54) is 10.8 Å². The van der Waals surface area contributed by atoms with E-state index in [2.05, 4.69) is 61.3 Å². The van der Waals surface area contributed by atoms with Crippen molar-refractivity contribution < 1.29 is 0 Å². The van der Waals surface area contributed by atoms with Crippen molar-refractivity contribution in [2.75, 3.05) is 5.73 Å². The number of thiazole rings is 1. The minimum absolute atomic E-state index is 0.418. The second-order valence-corrected chi connectivity index (χ2v) is 6.04. The quantitative estimate of drug-likeness (QED) is 0.733. The van der Waals surface area contributed by atoms with Crippen LogP contribution in [-0.4, -0.2) is 4.98 Å². The topological polar surface area (TPSA) is 38.9 Å². The van der Waals surface area contributed by atoms with E-state index in [1.807, 2.05) is 0 Å². The lowest BCUT2D eigenvalue weighted by Gasteiger charge is -2.02. The summed E-state index contributed by atoms with van der Waals surface area (Å²) in [7, 11) is 0.